The number of benzene rings is 1. The van der Waals surface area contributed by atoms with Crippen LogP contribution in [0.4, 0.5) is 4.79 Å². The van der Waals surface area contributed by atoms with Crippen LogP contribution in [0, 0.1) is 5.41 Å². The molecule has 1 aromatic rings. The average molecular weight is 269 g/mol. The number of aryl methyl sites for hydroxylation is 1. The number of hydrogen-bond acceptors (Lipinski definition) is 4. The Balaban J connectivity index is 2.57. The van der Waals surface area contributed by atoms with E-state index in [9.17, 15) is 4.79 Å². The van der Waals surface area contributed by atoms with Crippen molar-refractivity contribution in [3.05, 3.63) is 35.4 Å². The zero-order valence-electron chi connectivity index (χ0n) is 9.31. The van der Waals surface area contributed by atoms with Crippen LogP contribution >= 0.6 is 23.5 Å². The molecule has 0 bridgehead atoms. The van der Waals surface area contributed by atoms with Crippen molar-refractivity contribution >= 4 is 33.9 Å². The third-order valence-electron chi connectivity index (χ3n) is 2.12. The molecule has 5 N–H and O–H groups in total. The van der Waals surface area contributed by atoms with Crippen LogP contribution < -0.4 is 11.5 Å². The second-order valence-corrected chi connectivity index (χ2v) is 5.46. The van der Waals surface area contributed by atoms with Gasteiger partial charge >= 0.3 is 0 Å². The number of nitrogens with two attached hydrogens (primary N) is 2. The summed E-state index contributed by atoms with van der Waals surface area (Å²) in [6.45, 7) is 0. The zero-order chi connectivity index (χ0) is 12.7. The first-order chi connectivity index (χ1) is 8.09. The Morgan fingerprint density at radius 2 is 1.82 bits per heavy atom. The second-order valence-electron chi connectivity index (χ2n) is 3.34. The molecule has 92 valence electrons. The minimum Gasteiger partial charge on any atom is -0.379 e. The molecule has 1 rings (SSSR count). The predicted octanol–water partition coefficient (Wildman–Crippen LogP) is 2.17. The van der Waals surface area contributed by atoms with Crippen LogP contribution in [-0.2, 0) is 12.2 Å². The van der Waals surface area contributed by atoms with Gasteiger partial charge in [0.15, 0.2) is 5.17 Å². The fourth-order valence-electron chi connectivity index (χ4n) is 1.36. The van der Waals surface area contributed by atoms with Gasteiger partial charge in [-0.05, 0) is 17.5 Å². The Labute approximate surface area is 109 Å². The molecule has 0 aromatic heterocycles. The van der Waals surface area contributed by atoms with Gasteiger partial charge in [-0.2, -0.15) is 0 Å². The van der Waals surface area contributed by atoms with E-state index in [-0.39, 0.29) is 10.4 Å². The van der Waals surface area contributed by atoms with Crippen molar-refractivity contribution in [3.8, 4) is 0 Å². The Morgan fingerprint density at radius 1 is 1.18 bits per heavy atom. The van der Waals surface area contributed by atoms with E-state index in [2.05, 4.69) is 0 Å². The molecule has 0 heterocycles. The lowest BCUT2D eigenvalue weighted by atomic mass is 10.1. The highest BCUT2D eigenvalue weighted by molar-refractivity contribution is 8.13. The molecule has 6 heteroatoms. The average Bonchev–Trinajstić information content (AvgIpc) is 2.27. The molecule has 0 aliphatic rings. The van der Waals surface area contributed by atoms with Gasteiger partial charge in [0, 0.05) is 11.5 Å². The molecule has 17 heavy (non-hydrogen) atoms. The summed E-state index contributed by atoms with van der Waals surface area (Å²) in [7, 11) is 0. The first-order valence-corrected chi connectivity index (χ1v) is 7.02. The number of amides is 1. The van der Waals surface area contributed by atoms with Crippen LogP contribution in [0.15, 0.2) is 24.3 Å². The fraction of sp³-hybridized carbons (Fsp3) is 0.273. The minimum absolute atomic E-state index is 0.133. The zero-order valence-corrected chi connectivity index (χ0v) is 10.9. The van der Waals surface area contributed by atoms with Crippen molar-refractivity contribution in [1.82, 2.24) is 0 Å². The Hall–Kier alpha value is -1.14. The van der Waals surface area contributed by atoms with E-state index in [0.29, 0.717) is 5.75 Å². The van der Waals surface area contributed by atoms with Crippen LogP contribution in [0.5, 0.6) is 0 Å². The first-order valence-electron chi connectivity index (χ1n) is 5.05. The van der Waals surface area contributed by atoms with Crippen molar-refractivity contribution in [2.75, 3.05) is 5.75 Å². The number of rotatable bonds is 5. The summed E-state index contributed by atoms with van der Waals surface area (Å²) in [5.74, 6) is 1.36. The fourth-order valence-corrected chi connectivity index (χ4v) is 2.48. The summed E-state index contributed by atoms with van der Waals surface area (Å²) in [5, 5.41) is 6.90. The van der Waals surface area contributed by atoms with Gasteiger partial charge in [0.1, 0.15) is 0 Å². The number of nitrogens with one attached hydrogen (secondary N) is 1. The third-order valence-corrected chi connectivity index (χ3v) is 3.58. The third kappa shape index (κ3) is 5.65. The molecule has 1 aromatic carbocycles. The topological polar surface area (TPSA) is 93.0 Å². The molecule has 1 amide bonds. The summed E-state index contributed by atoms with van der Waals surface area (Å²) >= 11 is 2.43. The van der Waals surface area contributed by atoms with Crippen LogP contribution in [-0.4, -0.2) is 16.2 Å². The lowest BCUT2D eigenvalue weighted by molar-refractivity contribution is 0.267. The molecular formula is C11H15N3OS2. The highest BCUT2D eigenvalue weighted by Crippen LogP contribution is 2.18. The molecule has 4 nitrogen and oxygen atoms in total. The SMILES string of the molecule is N=C(N)SCCc1ccccc1CSC(N)=O. The number of carbonyl (C=O) groups is 1. The van der Waals surface area contributed by atoms with Crippen LogP contribution in [0.25, 0.3) is 0 Å². The normalized spacial score (nSPS) is 10.1. The van der Waals surface area contributed by atoms with Crippen LogP contribution in [0.2, 0.25) is 0 Å². The van der Waals surface area contributed by atoms with Gasteiger partial charge in [-0.15, -0.1) is 0 Å². The monoisotopic (exact) mass is 269 g/mol. The lowest BCUT2D eigenvalue weighted by Crippen LogP contribution is -2.06. The summed E-state index contributed by atoms with van der Waals surface area (Å²) in [6, 6.07) is 7.92. The Morgan fingerprint density at radius 3 is 2.41 bits per heavy atom. The maximum atomic E-state index is 10.7. The van der Waals surface area contributed by atoms with Gasteiger partial charge in [0.05, 0.1) is 0 Å². The minimum atomic E-state index is -0.363. The number of primary amides is 1. The van der Waals surface area contributed by atoms with Crippen LogP contribution in [0.3, 0.4) is 0 Å². The molecule has 0 aliphatic heterocycles. The van der Waals surface area contributed by atoms with Gasteiger partial charge in [-0.1, -0.05) is 47.8 Å². The maximum Gasteiger partial charge on any atom is 0.276 e. The van der Waals surface area contributed by atoms with E-state index in [1.165, 1.54) is 17.3 Å². The second kappa shape index (κ2) is 7.24. The van der Waals surface area contributed by atoms with Crippen LogP contribution in [0.1, 0.15) is 11.1 Å². The van der Waals surface area contributed by atoms with Crippen molar-refractivity contribution in [2.24, 2.45) is 11.5 Å². The van der Waals surface area contributed by atoms with E-state index in [4.69, 9.17) is 16.9 Å². The van der Waals surface area contributed by atoms with E-state index < -0.39 is 0 Å². The quantitative estimate of drug-likeness (QED) is 0.564. The highest BCUT2D eigenvalue weighted by atomic mass is 32.2. The number of amidine groups is 1. The van der Waals surface area contributed by atoms with Gasteiger partial charge in [-0.25, -0.2) is 0 Å². The summed E-state index contributed by atoms with van der Waals surface area (Å²) in [6.07, 6.45) is 0.833. The number of hydrogen-bond donors (Lipinski definition) is 3. The van der Waals surface area contributed by atoms with Crippen molar-refractivity contribution < 1.29 is 4.79 Å². The molecule has 0 fully saturated rings. The number of thioether (sulfide) groups is 2. The summed E-state index contributed by atoms with van der Waals surface area (Å²) in [5.41, 5.74) is 12.7. The standard InChI is InChI=1S/C11H15N3OS2/c12-10(13)16-6-5-8-3-1-2-4-9(8)7-17-11(14)15/h1-4H,5-7H2,(H3,12,13)(H2,14,15). The highest BCUT2D eigenvalue weighted by Gasteiger charge is 2.04. The van der Waals surface area contributed by atoms with Crippen molar-refractivity contribution in [2.45, 2.75) is 12.2 Å². The molecule has 0 radical (unpaired) electrons. The van der Waals surface area contributed by atoms with E-state index in [0.717, 1.165) is 29.5 Å². The van der Waals surface area contributed by atoms with E-state index in [1.807, 2.05) is 24.3 Å². The molecular weight excluding hydrogens is 254 g/mol. The molecule has 0 saturated heterocycles. The molecule has 0 spiro atoms. The Kier molecular flexibility index (Phi) is 5.93. The van der Waals surface area contributed by atoms with E-state index in [1.54, 1.807) is 0 Å². The molecule has 0 saturated carbocycles. The van der Waals surface area contributed by atoms with Crippen molar-refractivity contribution in [1.29, 1.82) is 5.41 Å². The summed E-state index contributed by atoms with van der Waals surface area (Å²) in [4.78, 5) is 10.7. The molecule has 0 unspecified atom stereocenters. The van der Waals surface area contributed by atoms with Gasteiger partial charge in [0.25, 0.3) is 5.24 Å². The van der Waals surface area contributed by atoms with Gasteiger partial charge < -0.3 is 11.5 Å². The largest absolute Gasteiger partial charge is 0.379 e. The first kappa shape index (κ1) is 13.9. The molecule has 0 atom stereocenters. The lowest BCUT2D eigenvalue weighted by Gasteiger charge is -2.07. The maximum absolute atomic E-state index is 10.7. The summed E-state index contributed by atoms with van der Waals surface area (Å²) < 4.78 is 0. The molecule has 0 aliphatic carbocycles. The Bertz CT molecular complexity index is 409. The van der Waals surface area contributed by atoms with Gasteiger partial charge in [-0.3, -0.25) is 10.2 Å². The predicted molar refractivity (Wildman–Crippen MR) is 75.4 cm³/mol. The smallest absolute Gasteiger partial charge is 0.276 e. The van der Waals surface area contributed by atoms with E-state index >= 15 is 0 Å². The number of carbonyl (C=O) groups excluding carboxylic acids is 1. The van der Waals surface area contributed by atoms with Gasteiger partial charge in [0.2, 0.25) is 0 Å². The van der Waals surface area contributed by atoms with Crippen molar-refractivity contribution in [3.63, 3.8) is 0 Å².